The van der Waals surface area contributed by atoms with Gasteiger partial charge in [0.1, 0.15) is 4.60 Å². The van der Waals surface area contributed by atoms with Gasteiger partial charge in [-0.2, -0.15) is 0 Å². The molecule has 2 nitrogen and oxygen atoms in total. The Bertz CT molecular complexity index is 564. The Labute approximate surface area is 129 Å². The number of benzene rings is 1. The van der Waals surface area contributed by atoms with E-state index < -0.39 is 0 Å². The minimum absolute atomic E-state index is 0.322. The number of hydrogen-bond donors (Lipinski definition) is 1. The number of anilines is 1. The first-order valence-corrected chi connectivity index (χ1v) is 7.91. The summed E-state index contributed by atoms with van der Waals surface area (Å²) in [5, 5.41) is 3.59. The summed E-state index contributed by atoms with van der Waals surface area (Å²) in [6, 6.07) is 13.3. The molecule has 1 unspecified atom stereocenters. The normalized spacial score (nSPS) is 12.2. The van der Waals surface area contributed by atoms with Crippen LogP contribution in [0.15, 0.2) is 41.0 Å². The lowest BCUT2D eigenvalue weighted by Gasteiger charge is -2.20. The maximum absolute atomic E-state index is 4.44. The summed E-state index contributed by atoms with van der Waals surface area (Å²) in [6.45, 7) is 6.41. The molecule has 2 rings (SSSR count). The molecule has 20 heavy (non-hydrogen) atoms. The van der Waals surface area contributed by atoms with Crippen molar-refractivity contribution in [2.75, 3.05) is 5.32 Å². The molecule has 0 aliphatic carbocycles. The molecule has 1 N–H and O–H groups in total. The first-order valence-electron chi connectivity index (χ1n) is 7.12. The summed E-state index contributed by atoms with van der Waals surface area (Å²) in [5.41, 5.74) is 4.82. The Balaban J connectivity index is 2.19. The largest absolute Gasteiger partial charge is 0.377 e. The lowest BCUT2D eigenvalue weighted by Crippen LogP contribution is -2.11. The van der Waals surface area contributed by atoms with Gasteiger partial charge in [0.2, 0.25) is 0 Å². The number of aromatic nitrogens is 1. The van der Waals surface area contributed by atoms with Crippen molar-refractivity contribution in [2.45, 2.75) is 39.7 Å². The van der Waals surface area contributed by atoms with E-state index in [4.69, 9.17) is 0 Å². The minimum Gasteiger partial charge on any atom is -0.377 e. The van der Waals surface area contributed by atoms with Gasteiger partial charge in [-0.15, -0.1) is 0 Å². The van der Waals surface area contributed by atoms with Crippen molar-refractivity contribution in [1.82, 2.24) is 4.98 Å². The van der Waals surface area contributed by atoms with Crippen molar-refractivity contribution in [2.24, 2.45) is 0 Å². The van der Waals surface area contributed by atoms with Crippen LogP contribution in [0.1, 0.15) is 43.1 Å². The maximum atomic E-state index is 4.44. The van der Waals surface area contributed by atoms with Gasteiger partial charge < -0.3 is 5.32 Å². The molecule has 0 amide bonds. The van der Waals surface area contributed by atoms with E-state index in [1.807, 2.05) is 13.0 Å². The number of hydrogen-bond acceptors (Lipinski definition) is 2. The zero-order valence-electron chi connectivity index (χ0n) is 12.3. The fourth-order valence-corrected chi connectivity index (χ4v) is 2.68. The average molecular weight is 333 g/mol. The molecular weight excluding hydrogens is 312 g/mol. The van der Waals surface area contributed by atoms with Crippen LogP contribution in [0.25, 0.3) is 0 Å². The Morgan fingerprint density at radius 3 is 2.35 bits per heavy atom. The van der Waals surface area contributed by atoms with Gasteiger partial charge >= 0.3 is 0 Å². The van der Waals surface area contributed by atoms with Gasteiger partial charge in [-0.1, -0.05) is 38.1 Å². The van der Waals surface area contributed by atoms with Crippen molar-refractivity contribution in [1.29, 1.82) is 0 Å². The molecule has 0 bridgehead atoms. The summed E-state index contributed by atoms with van der Waals surface area (Å²) in [5.74, 6) is 0. The molecule has 106 valence electrons. The smallest absolute Gasteiger partial charge is 0.106 e. The lowest BCUT2D eigenvalue weighted by molar-refractivity contribution is 0.746. The second-order valence-corrected chi connectivity index (χ2v) is 5.78. The molecule has 0 radical (unpaired) electrons. The highest BCUT2D eigenvalue weighted by molar-refractivity contribution is 9.10. The van der Waals surface area contributed by atoms with Crippen LogP contribution >= 0.6 is 15.9 Å². The predicted octanol–water partition coefficient (Wildman–Crippen LogP) is 5.28. The van der Waals surface area contributed by atoms with Gasteiger partial charge in [-0.25, -0.2) is 4.98 Å². The van der Waals surface area contributed by atoms with Gasteiger partial charge in [0.25, 0.3) is 0 Å². The van der Waals surface area contributed by atoms with Crippen LogP contribution in [0.5, 0.6) is 0 Å². The predicted molar refractivity (Wildman–Crippen MR) is 89.1 cm³/mol. The minimum atomic E-state index is 0.322. The fourth-order valence-electron chi connectivity index (χ4n) is 2.28. The van der Waals surface area contributed by atoms with Crippen LogP contribution in [0, 0.1) is 6.92 Å². The van der Waals surface area contributed by atoms with E-state index in [0.29, 0.717) is 6.04 Å². The molecule has 0 aliphatic rings. The van der Waals surface area contributed by atoms with Gasteiger partial charge in [-0.05, 0) is 59.0 Å². The van der Waals surface area contributed by atoms with Crippen molar-refractivity contribution in [3.8, 4) is 0 Å². The number of nitrogens with zero attached hydrogens (tertiary/aromatic N) is 1. The topological polar surface area (TPSA) is 24.9 Å². The van der Waals surface area contributed by atoms with E-state index in [1.54, 1.807) is 0 Å². The number of halogens is 1. The van der Waals surface area contributed by atoms with Crippen LogP contribution in [0.3, 0.4) is 0 Å². The lowest BCUT2D eigenvalue weighted by atomic mass is 10.0. The fraction of sp³-hybridized carbons (Fsp3) is 0.353. The Morgan fingerprint density at radius 2 is 1.80 bits per heavy atom. The molecule has 3 heteroatoms. The summed E-state index contributed by atoms with van der Waals surface area (Å²) < 4.78 is 0.876. The quantitative estimate of drug-likeness (QED) is 0.753. The van der Waals surface area contributed by atoms with E-state index in [0.717, 1.165) is 28.8 Å². The SMILES string of the molecule is CCc1ccc(C(CC)Nc2ccc(Br)nc2C)cc1. The van der Waals surface area contributed by atoms with Gasteiger partial charge in [0.05, 0.1) is 17.4 Å². The Morgan fingerprint density at radius 1 is 1.10 bits per heavy atom. The third kappa shape index (κ3) is 3.60. The summed E-state index contributed by atoms with van der Waals surface area (Å²) >= 11 is 3.40. The summed E-state index contributed by atoms with van der Waals surface area (Å²) in [6.07, 6.45) is 2.13. The van der Waals surface area contributed by atoms with Crippen molar-refractivity contribution < 1.29 is 0 Å². The van der Waals surface area contributed by atoms with E-state index in [-0.39, 0.29) is 0 Å². The highest BCUT2D eigenvalue weighted by Gasteiger charge is 2.11. The first-order chi connectivity index (χ1) is 9.63. The molecule has 0 saturated carbocycles. The molecule has 0 fully saturated rings. The van der Waals surface area contributed by atoms with Crippen molar-refractivity contribution in [3.63, 3.8) is 0 Å². The molecule has 1 heterocycles. The van der Waals surface area contributed by atoms with Crippen LogP contribution in [0.2, 0.25) is 0 Å². The maximum Gasteiger partial charge on any atom is 0.106 e. The van der Waals surface area contributed by atoms with Crippen LogP contribution in [-0.2, 0) is 6.42 Å². The van der Waals surface area contributed by atoms with Crippen LogP contribution in [0.4, 0.5) is 5.69 Å². The molecule has 2 aromatic rings. The van der Waals surface area contributed by atoms with E-state index in [1.165, 1.54) is 11.1 Å². The Kier molecular flexibility index (Phi) is 5.18. The van der Waals surface area contributed by atoms with Crippen LogP contribution in [-0.4, -0.2) is 4.98 Å². The van der Waals surface area contributed by atoms with Crippen molar-refractivity contribution >= 4 is 21.6 Å². The summed E-state index contributed by atoms with van der Waals surface area (Å²) in [4.78, 5) is 4.44. The highest BCUT2D eigenvalue weighted by Crippen LogP contribution is 2.25. The molecule has 1 aromatic carbocycles. The van der Waals surface area contributed by atoms with Crippen molar-refractivity contribution in [3.05, 3.63) is 57.8 Å². The second kappa shape index (κ2) is 6.89. The van der Waals surface area contributed by atoms with Gasteiger partial charge in [-0.3, -0.25) is 0 Å². The van der Waals surface area contributed by atoms with E-state index in [2.05, 4.69) is 70.4 Å². The van der Waals surface area contributed by atoms with Crippen LogP contribution < -0.4 is 5.32 Å². The number of pyridine rings is 1. The number of rotatable bonds is 5. The highest BCUT2D eigenvalue weighted by atomic mass is 79.9. The second-order valence-electron chi connectivity index (χ2n) is 4.97. The van der Waals surface area contributed by atoms with Gasteiger partial charge in [0, 0.05) is 0 Å². The molecule has 1 atom stereocenters. The standard InChI is InChI=1S/C17H21BrN2/c1-4-13-6-8-14(9-7-13)15(5-2)20-16-10-11-17(18)19-12(16)3/h6-11,15,20H,4-5H2,1-3H3. The molecule has 0 saturated heterocycles. The monoisotopic (exact) mass is 332 g/mol. The zero-order valence-corrected chi connectivity index (χ0v) is 13.9. The number of nitrogens with one attached hydrogen (secondary N) is 1. The zero-order chi connectivity index (χ0) is 14.5. The first kappa shape index (κ1) is 15.0. The van der Waals surface area contributed by atoms with E-state index in [9.17, 15) is 0 Å². The van der Waals surface area contributed by atoms with E-state index >= 15 is 0 Å². The molecule has 0 spiro atoms. The molecule has 1 aromatic heterocycles. The number of aryl methyl sites for hydroxylation is 2. The third-order valence-electron chi connectivity index (χ3n) is 3.58. The molecule has 0 aliphatic heterocycles. The molecular formula is C17H21BrN2. The third-order valence-corrected chi connectivity index (χ3v) is 4.02. The van der Waals surface area contributed by atoms with Gasteiger partial charge in [0.15, 0.2) is 0 Å². The average Bonchev–Trinajstić information content (AvgIpc) is 2.47. The Hall–Kier alpha value is -1.35. The summed E-state index contributed by atoms with van der Waals surface area (Å²) in [7, 11) is 0.